The molecule has 1 aliphatic rings. The Kier molecular flexibility index (Phi) is 5.88. The highest BCUT2D eigenvalue weighted by Crippen LogP contribution is 2.29. The number of hydrogen-bond donors (Lipinski definition) is 3. The van der Waals surface area contributed by atoms with Gasteiger partial charge >= 0.3 is 5.97 Å². The van der Waals surface area contributed by atoms with Gasteiger partial charge in [0.05, 0.1) is 18.2 Å². The summed E-state index contributed by atoms with van der Waals surface area (Å²) < 4.78 is 5.81. The molecule has 2 atom stereocenters. The molecule has 0 bridgehead atoms. The smallest absolute Gasteiger partial charge is 0.337 e. The second-order valence-corrected chi connectivity index (χ2v) is 8.02. The highest BCUT2D eigenvalue weighted by molar-refractivity contribution is 9.10. The number of nitrogens with one attached hydrogen (secondary N) is 1. The Labute approximate surface area is 183 Å². The van der Waals surface area contributed by atoms with E-state index >= 15 is 0 Å². The number of nitrogens with two attached hydrogens (primary N) is 1. The van der Waals surface area contributed by atoms with Crippen LogP contribution in [0.25, 0.3) is 5.70 Å². The number of phenolic OH excluding ortho intramolecular Hbond substituents is 1. The summed E-state index contributed by atoms with van der Waals surface area (Å²) in [5.41, 5.74) is 4.43. The molecule has 0 spiro atoms. The molecule has 0 saturated heterocycles. The van der Waals surface area contributed by atoms with E-state index in [-0.39, 0.29) is 23.9 Å². The van der Waals surface area contributed by atoms with E-state index in [0.717, 1.165) is 26.9 Å². The molecule has 1 aliphatic heterocycles. The van der Waals surface area contributed by atoms with E-state index in [0.29, 0.717) is 5.56 Å². The maximum Gasteiger partial charge on any atom is 0.337 e. The van der Waals surface area contributed by atoms with Gasteiger partial charge in [-0.3, -0.25) is 0 Å². The van der Waals surface area contributed by atoms with Crippen LogP contribution in [0, 0.1) is 0 Å². The molecule has 0 aliphatic carbocycles. The molecular weight excluding hydrogens is 444 g/mol. The van der Waals surface area contributed by atoms with Crippen molar-refractivity contribution < 1.29 is 20.0 Å². The lowest BCUT2D eigenvalue weighted by atomic mass is 9.97. The van der Waals surface area contributed by atoms with Gasteiger partial charge in [0, 0.05) is 21.8 Å². The topological polar surface area (TPSA) is 75.2 Å². The standard InChI is InChI=1S/C24H21BrN2O3/c1-30-24(29)17-8-6-16(7-9-17)23-26-20(15-10-12-18(25)13-11-15)14-21(27-23)19-4-2-3-5-22(19)28/h2-14,21,23,26-28H,1H3/p+1. The molecule has 0 fully saturated rings. The lowest BCUT2D eigenvalue weighted by Gasteiger charge is -2.30. The molecule has 30 heavy (non-hydrogen) atoms. The second kappa shape index (κ2) is 8.73. The van der Waals surface area contributed by atoms with E-state index in [1.807, 2.05) is 54.6 Å². The van der Waals surface area contributed by atoms with Gasteiger partial charge in [0.1, 0.15) is 11.8 Å². The van der Waals surface area contributed by atoms with E-state index in [9.17, 15) is 9.90 Å². The van der Waals surface area contributed by atoms with Crippen LogP contribution in [0.1, 0.15) is 39.3 Å². The summed E-state index contributed by atoms with van der Waals surface area (Å²) in [5.74, 6) is -0.0866. The van der Waals surface area contributed by atoms with Crippen molar-refractivity contribution in [3.05, 3.63) is 106 Å². The minimum atomic E-state index is -0.357. The normalized spacial score (nSPS) is 18.3. The number of halogens is 1. The lowest BCUT2D eigenvalue weighted by Crippen LogP contribution is -2.89. The third-order valence-corrected chi connectivity index (χ3v) is 5.73. The van der Waals surface area contributed by atoms with Crippen molar-refractivity contribution in [3.63, 3.8) is 0 Å². The molecule has 2 unspecified atom stereocenters. The van der Waals surface area contributed by atoms with Crippen LogP contribution in [0.5, 0.6) is 5.75 Å². The summed E-state index contributed by atoms with van der Waals surface area (Å²) in [6.45, 7) is 0. The third kappa shape index (κ3) is 4.25. The van der Waals surface area contributed by atoms with Crippen molar-refractivity contribution in [1.29, 1.82) is 0 Å². The molecule has 0 saturated carbocycles. The van der Waals surface area contributed by atoms with Crippen LogP contribution in [0.4, 0.5) is 0 Å². The Morgan fingerprint density at radius 2 is 1.73 bits per heavy atom. The number of esters is 1. The number of phenols is 1. The van der Waals surface area contributed by atoms with Crippen molar-refractivity contribution >= 4 is 27.6 Å². The van der Waals surface area contributed by atoms with Crippen LogP contribution in [-0.4, -0.2) is 18.2 Å². The molecule has 0 amide bonds. The first-order valence-corrected chi connectivity index (χ1v) is 10.4. The lowest BCUT2D eigenvalue weighted by molar-refractivity contribution is -0.731. The van der Waals surface area contributed by atoms with Crippen LogP contribution < -0.4 is 10.6 Å². The second-order valence-electron chi connectivity index (χ2n) is 7.10. The van der Waals surface area contributed by atoms with E-state index < -0.39 is 0 Å². The SMILES string of the molecule is COC(=O)c1ccc(C2NC(c3ccc(Br)cc3)=CC(c3ccccc3O)[NH2+]2)cc1. The number of carbonyl (C=O) groups excluding carboxylic acids is 1. The minimum Gasteiger partial charge on any atom is -0.507 e. The van der Waals surface area contributed by atoms with Crippen molar-refractivity contribution in [2.24, 2.45) is 0 Å². The Morgan fingerprint density at radius 3 is 2.40 bits per heavy atom. The number of aromatic hydroxyl groups is 1. The zero-order valence-corrected chi connectivity index (χ0v) is 18.0. The Morgan fingerprint density at radius 1 is 1.03 bits per heavy atom. The zero-order valence-electron chi connectivity index (χ0n) is 16.4. The highest BCUT2D eigenvalue weighted by atomic mass is 79.9. The molecule has 5 nitrogen and oxygen atoms in total. The van der Waals surface area contributed by atoms with Crippen molar-refractivity contribution in [2.45, 2.75) is 12.2 Å². The van der Waals surface area contributed by atoms with Gasteiger partial charge in [0.2, 0.25) is 0 Å². The van der Waals surface area contributed by atoms with Gasteiger partial charge in [-0.05, 0) is 42.0 Å². The number of methoxy groups -OCH3 is 1. The van der Waals surface area contributed by atoms with E-state index in [1.54, 1.807) is 18.2 Å². The molecule has 0 radical (unpaired) electrons. The van der Waals surface area contributed by atoms with Gasteiger partial charge in [-0.2, -0.15) is 0 Å². The zero-order chi connectivity index (χ0) is 21.1. The van der Waals surface area contributed by atoms with Crippen molar-refractivity contribution in [1.82, 2.24) is 5.32 Å². The molecule has 4 rings (SSSR count). The first-order valence-electron chi connectivity index (χ1n) is 9.60. The fourth-order valence-corrected chi connectivity index (χ4v) is 3.88. The van der Waals surface area contributed by atoms with E-state index in [4.69, 9.17) is 4.74 Å². The molecule has 3 aromatic carbocycles. The molecule has 3 aromatic rings. The number of ether oxygens (including phenoxy) is 1. The van der Waals surface area contributed by atoms with Gasteiger partial charge in [-0.1, -0.05) is 52.3 Å². The average Bonchev–Trinajstić information content (AvgIpc) is 2.79. The highest BCUT2D eigenvalue weighted by Gasteiger charge is 2.29. The monoisotopic (exact) mass is 465 g/mol. The van der Waals surface area contributed by atoms with E-state index in [1.165, 1.54) is 7.11 Å². The summed E-state index contributed by atoms with van der Waals surface area (Å²) in [6, 6.07) is 22.8. The number of quaternary nitrogens is 1. The quantitative estimate of drug-likeness (QED) is 0.511. The summed E-state index contributed by atoms with van der Waals surface area (Å²) >= 11 is 3.48. The number of benzene rings is 3. The van der Waals surface area contributed by atoms with Crippen LogP contribution in [0.15, 0.2) is 83.3 Å². The van der Waals surface area contributed by atoms with Crippen LogP contribution >= 0.6 is 15.9 Å². The summed E-state index contributed by atoms with van der Waals surface area (Å²) in [5, 5.41) is 16.1. The summed E-state index contributed by atoms with van der Waals surface area (Å²) in [6.07, 6.45) is 2.03. The summed E-state index contributed by atoms with van der Waals surface area (Å²) in [7, 11) is 1.37. The first kappa shape index (κ1) is 20.2. The van der Waals surface area contributed by atoms with Gasteiger partial charge in [0.15, 0.2) is 6.17 Å². The number of para-hydroxylation sites is 1. The van der Waals surface area contributed by atoms with Crippen molar-refractivity contribution in [2.75, 3.05) is 7.11 Å². The van der Waals surface area contributed by atoms with Crippen LogP contribution in [-0.2, 0) is 4.74 Å². The molecular formula is C24H22BrN2O3+. The van der Waals surface area contributed by atoms with Gasteiger partial charge in [-0.15, -0.1) is 0 Å². The predicted molar refractivity (Wildman–Crippen MR) is 119 cm³/mol. The molecule has 4 N–H and O–H groups in total. The predicted octanol–water partition coefficient (Wildman–Crippen LogP) is 3.89. The fraction of sp³-hybridized carbons (Fsp3) is 0.125. The van der Waals surface area contributed by atoms with Gasteiger partial charge in [-0.25, -0.2) is 4.79 Å². The molecule has 6 heteroatoms. The largest absolute Gasteiger partial charge is 0.507 e. The summed E-state index contributed by atoms with van der Waals surface area (Å²) in [4.78, 5) is 11.8. The Bertz CT molecular complexity index is 1080. The third-order valence-electron chi connectivity index (χ3n) is 5.20. The van der Waals surface area contributed by atoms with E-state index in [2.05, 4.69) is 32.6 Å². The first-order chi connectivity index (χ1) is 14.5. The molecule has 152 valence electrons. The Hall–Kier alpha value is -3.09. The van der Waals surface area contributed by atoms with Crippen LogP contribution in [0.2, 0.25) is 0 Å². The molecule has 0 aromatic heterocycles. The van der Waals surface area contributed by atoms with Gasteiger partial charge < -0.3 is 20.5 Å². The average molecular weight is 466 g/mol. The minimum absolute atomic E-state index is 0.0728. The van der Waals surface area contributed by atoms with Crippen LogP contribution in [0.3, 0.4) is 0 Å². The number of rotatable bonds is 4. The fourth-order valence-electron chi connectivity index (χ4n) is 3.62. The number of carbonyl (C=O) groups is 1. The maximum atomic E-state index is 11.8. The number of hydrogen-bond acceptors (Lipinski definition) is 4. The molecule has 1 heterocycles. The maximum absolute atomic E-state index is 11.8. The Balaban J connectivity index is 1.70. The van der Waals surface area contributed by atoms with Crippen molar-refractivity contribution in [3.8, 4) is 5.75 Å². The van der Waals surface area contributed by atoms with Gasteiger partial charge in [0.25, 0.3) is 0 Å².